The molecule has 28 heavy (non-hydrogen) atoms. The first kappa shape index (κ1) is 20.2. The molecule has 2 atom stereocenters. The zero-order chi connectivity index (χ0) is 20.1. The number of benzene rings is 1. The summed E-state index contributed by atoms with van der Waals surface area (Å²) in [7, 11) is 0. The van der Waals surface area contributed by atoms with E-state index >= 15 is 0 Å². The first-order valence-electron chi connectivity index (χ1n) is 9.66. The highest BCUT2D eigenvalue weighted by Gasteiger charge is 2.33. The molecule has 0 radical (unpaired) electrons. The van der Waals surface area contributed by atoms with E-state index in [1.165, 1.54) is 6.07 Å². The molecular formula is C19H27FN6O2. The van der Waals surface area contributed by atoms with E-state index in [2.05, 4.69) is 25.9 Å². The van der Waals surface area contributed by atoms with Crippen molar-refractivity contribution >= 4 is 11.7 Å². The van der Waals surface area contributed by atoms with Gasteiger partial charge in [0.1, 0.15) is 5.82 Å². The molecule has 0 saturated carbocycles. The predicted octanol–water partition coefficient (Wildman–Crippen LogP) is 1.82. The van der Waals surface area contributed by atoms with Crippen molar-refractivity contribution in [2.75, 3.05) is 31.1 Å². The molecule has 3 N–H and O–H groups in total. The third kappa shape index (κ3) is 4.83. The van der Waals surface area contributed by atoms with Crippen molar-refractivity contribution in [1.29, 1.82) is 0 Å². The molecule has 1 unspecified atom stereocenters. The van der Waals surface area contributed by atoms with Crippen molar-refractivity contribution in [3.63, 3.8) is 0 Å². The number of carbonyl (C=O) groups is 1. The molecule has 1 saturated heterocycles. The fraction of sp³-hybridized carbons (Fsp3) is 0.579. The first-order valence-corrected chi connectivity index (χ1v) is 9.66. The number of carboxylic acids is 1. The van der Waals surface area contributed by atoms with Gasteiger partial charge < -0.3 is 15.3 Å². The van der Waals surface area contributed by atoms with Crippen LogP contribution >= 0.6 is 0 Å². The number of carboxylic acid groups (broad SMARTS) is 1. The molecule has 9 heteroatoms. The lowest BCUT2D eigenvalue weighted by Gasteiger charge is -2.30. The van der Waals surface area contributed by atoms with Crippen LogP contribution in [0.4, 0.5) is 10.1 Å². The number of tetrazole rings is 1. The van der Waals surface area contributed by atoms with E-state index in [-0.39, 0.29) is 11.7 Å². The van der Waals surface area contributed by atoms with E-state index < -0.39 is 17.8 Å². The Labute approximate surface area is 163 Å². The van der Waals surface area contributed by atoms with E-state index in [4.69, 9.17) is 0 Å². The Morgan fingerprint density at radius 1 is 1.32 bits per heavy atom. The predicted molar refractivity (Wildman–Crippen MR) is 103 cm³/mol. The number of aromatic nitrogens is 4. The maximum absolute atomic E-state index is 14.8. The van der Waals surface area contributed by atoms with Gasteiger partial charge in [0.05, 0.1) is 11.6 Å². The molecule has 1 aliphatic rings. The Kier molecular flexibility index (Phi) is 6.56. The van der Waals surface area contributed by atoms with Crippen LogP contribution in [-0.2, 0) is 11.2 Å². The number of hydrogen-bond acceptors (Lipinski definition) is 6. The lowest BCUT2D eigenvalue weighted by molar-refractivity contribution is -0.143. The normalized spacial score (nSPS) is 16.9. The second kappa shape index (κ2) is 9.09. The second-order valence-corrected chi connectivity index (χ2v) is 7.68. The first-order chi connectivity index (χ1) is 13.5. The number of hydrogen-bond donors (Lipinski definition) is 3. The summed E-state index contributed by atoms with van der Waals surface area (Å²) in [6.45, 7) is 7.14. The summed E-state index contributed by atoms with van der Waals surface area (Å²) >= 11 is 0. The van der Waals surface area contributed by atoms with Crippen LogP contribution in [0.5, 0.6) is 0 Å². The monoisotopic (exact) mass is 390 g/mol. The largest absolute Gasteiger partial charge is 0.481 e. The molecule has 0 amide bonds. The molecule has 1 fully saturated rings. The minimum atomic E-state index is -0.901. The fourth-order valence-corrected chi connectivity index (χ4v) is 3.78. The quantitative estimate of drug-likeness (QED) is 0.631. The summed E-state index contributed by atoms with van der Waals surface area (Å²) < 4.78 is 14.8. The number of aromatic amines is 1. The van der Waals surface area contributed by atoms with Gasteiger partial charge in [0.25, 0.3) is 0 Å². The van der Waals surface area contributed by atoms with E-state index in [1.807, 2.05) is 24.8 Å². The van der Waals surface area contributed by atoms with Crippen LogP contribution in [0.25, 0.3) is 0 Å². The number of aliphatic carboxylic acids is 1. The van der Waals surface area contributed by atoms with Crippen LogP contribution in [0.3, 0.4) is 0 Å². The number of halogens is 1. The lowest BCUT2D eigenvalue weighted by atomic mass is 9.81. The summed E-state index contributed by atoms with van der Waals surface area (Å²) in [5, 5.41) is 27.0. The third-order valence-electron chi connectivity index (χ3n) is 5.15. The number of nitrogens with zero attached hydrogens (tertiary/aromatic N) is 4. The van der Waals surface area contributed by atoms with Gasteiger partial charge in [-0.05, 0) is 36.5 Å². The van der Waals surface area contributed by atoms with Crippen molar-refractivity contribution in [3.8, 4) is 0 Å². The highest BCUT2D eigenvalue weighted by atomic mass is 19.1. The van der Waals surface area contributed by atoms with Gasteiger partial charge in [0.15, 0.2) is 5.82 Å². The van der Waals surface area contributed by atoms with Gasteiger partial charge in [0, 0.05) is 32.1 Å². The van der Waals surface area contributed by atoms with Crippen LogP contribution in [0.1, 0.15) is 37.6 Å². The molecule has 1 aromatic heterocycles. The minimum Gasteiger partial charge on any atom is -0.481 e. The number of H-pyrrole nitrogens is 1. The van der Waals surface area contributed by atoms with Gasteiger partial charge in [-0.25, -0.2) is 4.39 Å². The highest BCUT2D eigenvalue weighted by Crippen LogP contribution is 2.32. The van der Waals surface area contributed by atoms with Crippen LogP contribution in [-0.4, -0.2) is 57.9 Å². The Bertz CT molecular complexity index is 777. The molecule has 152 valence electrons. The summed E-state index contributed by atoms with van der Waals surface area (Å²) in [6, 6.07) is 5.14. The van der Waals surface area contributed by atoms with Crippen molar-refractivity contribution in [2.24, 2.45) is 11.8 Å². The summed E-state index contributed by atoms with van der Waals surface area (Å²) in [4.78, 5) is 13.9. The Morgan fingerprint density at radius 3 is 2.64 bits per heavy atom. The molecule has 0 aliphatic carbocycles. The average Bonchev–Trinajstić information content (AvgIpc) is 3.19. The second-order valence-electron chi connectivity index (χ2n) is 7.68. The Hall–Kier alpha value is -2.55. The van der Waals surface area contributed by atoms with E-state index in [0.29, 0.717) is 24.4 Å². The molecule has 2 heterocycles. The fourth-order valence-electron chi connectivity index (χ4n) is 3.78. The van der Waals surface area contributed by atoms with Gasteiger partial charge >= 0.3 is 5.97 Å². The van der Waals surface area contributed by atoms with Gasteiger partial charge in [-0.3, -0.25) is 4.79 Å². The van der Waals surface area contributed by atoms with Crippen LogP contribution in [0.2, 0.25) is 0 Å². The van der Waals surface area contributed by atoms with Gasteiger partial charge in [-0.1, -0.05) is 25.1 Å². The highest BCUT2D eigenvalue weighted by molar-refractivity contribution is 5.71. The third-order valence-corrected chi connectivity index (χ3v) is 5.15. The topological polar surface area (TPSA) is 107 Å². The summed E-state index contributed by atoms with van der Waals surface area (Å²) in [5.74, 6) is -1.80. The summed E-state index contributed by atoms with van der Waals surface area (Å²) in [6.07, 6.45) is 0.817. The molecule has 1 aromatic carbocycles. The maximum Gasteiger partial charge on any atom is 0.307 e. The minimum absolute atomic E-state index is 0.197. The number of nitrogens with one attached hydrogen (secondary N) is 2. The number of piperazine rings is 1. The standard InChI is InChI=1S/C19H27FN6O2/c1-12(2)9-15(19(27)28)14(18-22-24-25-23-18)10-13-3-4-17(16(20)11-13)26-7-5-21-6-8-26/h3-4,11-12,14-15,21H,5-10H2,1-2H3,(H,27,28)(H,22,23,24,25)/t14-,15?/m0/s1. The van der Waals surface area contributed by atoms with Gasteiger partial charge in [0.2, 0.25) is 0 Å². The number of rotatable bonds is 8. The van der Waals surface area contributed by atoms with Gasteiger partial charge in [-0.2, -0.15) is 5.21 Å². The molecule has 2 aromatic rings. The lowest BCUT2D eigenvalue weighted by Crippen LogP contribution is -2.43. The summed E-state index contributed by atoms with van der Waals surface area (Å²) in [5.41, 5.74) is 1.31. The zero-order valence-corrected chi connectivity index (χ0v) is 16.2. The van der Waals surface area contributed by atoms with Gasteiger partial charge in [-0.15, -0.1) is 10.2 Å². The molecule has 0 bridgehead atoms. The Balaban J connectivity index is 1.84. The molecule has 3 rings (SSSR count). The van der Waals surface area contributed by atoms with Crippen molar-refractivity contribution in [1.82, 2.24) is 25.9 Å². The van der Waals surface area contributed by atoms with Crippen LogP contribution in [0.15, 0.2) is 18.2 Å². The molecular weight excluding hydrogens is 363 g/mol. The van der Waals surface area contributed by atoms with E-state index in [0.717, 1.165) is 31.7 Å². The molecule has 0 spiro atoms. The number of anilines is 1. The molecule has 1 aliphatic heterocycles. The average molecular weight is 390 g/mol. The van der Waals surface area contributed by atoms with Crippen molar-refractivity contribution in [2.45, 2.75) is 32.6 Å². The van der Waals surface area contributed by atoms with Crippen LogP contribution < -0.4 is 10.2 Å². The molecule has 8 nitrogen and oxygen atoms in total. The van der Waals surface area contributed by atoms with E-state index in [9.17, 15) is 14.3 Å². The SMILES string of the molecule is CC(C)CC(C(=O)O)[C@H](Cc1ccc(N2CCNCC2)c(F)c1)c1nn[nH]n1. The van der Waals surface area contributed by atoms with Crippen molar-refractivity contribution in [3.05, 3.63) is 35.4 Å². The maximum atomic E-state index is 14.8. The zero-order valence-electron chi connectivity index (χ0n) is 16.2. The van der Waals surface area contributed by atoms with Crippen LogP contribution in [0, 0.1) is 17.7 Å². The van der Waals surface area contributed by atoms with Crippen molar-refractivity contribution < 1.29 is 14.3 Å². The Morgan fingerprint density at radius 2 is 2.07 bits per heavy atom. The van der Waals surface area contributed by atoms with E-state index in [1.54, 1.807) is 6.07 Å². The smallest absolute Gasteiger partial charge is 0.307 e.